The quantitative estimate of drug-likeness (QED) is 0.454. The van der Waals surface area contributed by atoms with Gasteiger partial charge in [-0.05, 0) is 6.92 Å². The van der Waals surface area contributed by atoms with Crippen molar-refractivity contribution in [3.05, 3.63) is 0 Å². The van der Waals surface area contributed by atoms with E-state index in [1.54, 1.807) is 4.90 Å². The van der Waals surface area contributed by atoms with Crippen molar-refractivity contribution in [2.75, 3.05) is 19.6 Å². The Morgan fingerprint density at radius 2 is 1.11 bits per heavy atom. The molecule has 0 N–H and O–H groups in total. The molecule has 4 nitrogen and oxygen atoms in total. The molecule has 0 amide bonds. The van der Waals surface area contributed by atoms with Crippen LogP contribution in [0.2, 0.25) is 0 Å². The lowest BCUT2D eigenvalue weighted by Crippen LogP contribution is -2.41. The van der Waals surface area contributed by atoms with E-state index in [9.17, 15) is 14.4 Å². The second kappa shape index (κ2) is 8.79. The lowest BCUT2D eigenvalue weighted by Gasteiger charge is -2.22. The first-order valence-corrected chi connectivity index (χ1v) is 7.84. The fourth-order valence-electron chi connectivity index (χ4n) is 1.32. The summed E-state index contributed by atoms with van der Waals surface area (Å²) in [5.74, 6) is 0.0113. The van der Waals surface area contributed by atoms with Gasteiger partial charge >= 0.3 is 0 Å². The summed E-state index contributed by atoms with van der Waals surface area (Å²) in [6, 6.07) is 0. The number of carbonyl (C=O) groups excluding carboxylic acids is 3. The second-order valence-electron chi connectivity index (χ2n) is 5.47. The van der Waals surface area contributed by atoms with Crippen LogP contribution in [0.5, 0.6) is 0 Å². The molecule has 0 aromatic heterocycles. The van der Waals surface area contributed by atoms with Crippen molar-refractivity contribution in [1.82, 2.24) is 4.90 Å². The maximum Gasteiger partial charge on any atom is 0.159 e. The Balaban J connectivity index is 4.68. The van der Waals surface area contributed by atoms with Gasteiger partial charge in [0.25, 0.3) is 0 Å². The average Bonchev–Trinajstić information content (AvgIpc) is 2.27. The molecule has 0 aromatic carbocycles. The number of ketones is 3. The van der Waals surface area contributed by atoms with Gasteiger partial charge in [0, 0.05) is 11.8 Å². The Morgan fingerprint density at radius 1 is 0.789 bits per heavy atom. The van der Waals surface area contributed by atoms with E-state index in [2.05, 4.69) is 0 Å². The van der Waals surface area contributed by atoms with Crippen LogP contribution < -0.4 is 0 Å². The van der Waals surface area contributed by atoms with Crippen LogP contribution >= 0.6 is 22.6 Å². The number of nitrogens with zero attached hydrogens (tertiary/aromatic N) is 1. The molecule has 0 bridgehead atoms. The fraction of sp³-hybridized carbons (Fsp3) is 0.786. The van der Waals surface area contributed by atoms with Crippen LogP contribution in [0.25, 0.3) is 0 Å². The summed E-state index contributed by atoms with van der Waals surface area (Å²) in [5, 5.41) is 0. The zero-order chi connectivity index (χ0) is 15.2. The summed E-state index contributed by atoms with van der Waals surface area (Å²) in [6.45, 7) is 9.63. The number of hydrogen-bond acceptors (Lipinski definition) is 4. The molecule has 0 saturated carbocycles. The van der Waals surface area contributed by atoms with E-state index in [1.807, 2.05) is 57.2 Å². The van der Waals surface area contributed by atoms with Crippen molar-refractivity contribution in [3.63, 3.8) is 0 Å². The number of carbonyl (C=O) groups is 3. The highest BCUT2D eigenvalue weighted by molar-refractivity contribution is 14.1. The van der Waals surface area contributed by atoms with E-state index in [-0.39, 0.29) is 52.7 Å². The summed E-state index contributed by atoms with van der Waals surface area (Å²) in [6.07, 6.45) is 0. The van der Waals surface area contributed by atoms with E-state index >= 15 is 0 Å². The Morgan fingerprint density at radius 3 is 1.37 bits per heavy atom. The summed E-state index contributed by atoms with van der Waals surface area (Å²) >= 11 is 2.05. The van der Waals surface area contributed by atoms with Crippen LogP contribution in [0.15, 0.2) is 0 Å². The Bertz CT molecular complexity index is 285. The molecule has 0 aliphatic heterocycles. The predicted octanol–water partition coefficient (Wildman–Crippen LogP) is 2.13. The zero-order valence-corrected chi connectivity index (χ0v) is 14.6. The van der Waals surface area contributed by atoms with Crippen LogP contribution in [0.1, 0.15) is 34.6 Å². The van der Waals surface area contributed by atoms with Crippen LogP contribution in [0, 0.1) is 11.8 Å². The molecular formula is C14H24INO3. The first-order valence-electron chi connectivity index (χ1n) is 6.59. The topological polar surface area (TPSA) is 54.5 Å². The molecule has 0 heterocycles. The Labute approximate surface area is 129 Å². The van der Waals surface area contributed by atoms with Crippen molar-refractivity contribution >= 4 is 39.9 Å². The molecule has 110 valence electrons. The van der Waals surface area contributed by atoms with Crippen LogP contribution in [-0.4, -0.2) is 45.8 Å². The van der Waals surface area contributed by atoms with Gasteiger partial charge in [0.1, 0.15) is 11.6 Å². The van der Waals surface area contributed by atoms with Gasteiger partial charge in [-0.15, -0.1) is 0 Å². The molecular weight excluding hydrogens is 357 g/mol. The van der Waals surface area contributed by atoms with Crippen molar-refractivity contribution in [3.8, 4) is 0 Å². The fourth-order valence-corrected chi connectivity index (χ4v) is 1.52. The predicted molar refractivity (Wildman–Crippen MR) is 84.6 cm³/mol. The molecule has 0 spiro atoms. The average molecular weight is 381 g/mol. The maximum absolute atomic E-state index is 11.8. The van der Waals surface area contributed by atoms with Crippen LogP contribution in [0.3, 0.4) is 0 Å². The highest BCUT2D eigenvalue weighted by Gasteiger charge is 2.21. The minimum atomic E-state index is -0.108. The Kier molecular flexibility index (Phi) is 8.65. The van der Waals surface area contributed by atoms with Gasteiger partial charge in [-0.3, -0.25) is 19.3 Å². The summed E-state index contributed by atoms with van der Waals surface area (Å²) in [5.41, 5.74) is 0. The number of rotatable bonds is 9. The third-order valence-corrected chi connectivity index (χ3v) is 3.56. The summed E-state index contributed by atoms with van der Waals surface area (Å²) in [7, 11) is 0. The Hall–Kier alpha value is -0.300. The van der Waals surface area contributed by atoms with Crippen molar-refractivity contribution in [1.29, 1.82) is 0 Å². The molecule has 0 rings (SSSR count). The van der Waals surface area contributed by atoms with Crippen LogP contribution in [-0.2, 0) is 14.4 Å². The second-order valence-corrected chi connectivity index (χ2v) is 7.34. The standard InChI is InChI=1S/C14H24INO3/c1-9(2)12(17)6-16(7-13(18)10(3)4)8-14(19)11(5)15/h9-11H,6-8H2,1-5H3. The lowest BCUT2D eigenvalue weighted by atomic mass is 10.1. The number of halogens is 1. The third-order valence-electron chi connectivity index (χ3n) is 2.87. The molecule has 1 atom stereocenters. The molecule has 0 radical (unpaired) electrons. The highest BCUT2D eigenvalue weighted by atomic mass is 127. The summed E-state index contributed by atoms with van der Waals surface area (Å²) in [4.78, 5) is 37.0. The van der Waals surface area contributed by atoms with Gasteiger partial charge in [-0.25, -0.2) is 0 Å². The zero-order valence-electron chi connectivity index (χ0n) is 12.4. The lowest BCUT2D eigenvalue weighted by molar-refractivity contribution is -0.127. The minimum absolute atomic E-state index is 0.0497. The molecule has 19 heavy (non-hydrogen) atoms. The van der Waals surface area contributed by atoms with Gasteiger partial charge in [0.05, 0.1) is 23.6 Å². The third kappa shape index (κ3) is 7.77. The van der Waals surface area contributed by atoms with E-state index in [1.165, 1.54) is 0 Å². The van der Waals surface area contributed by atoms with Crippen molar-refractivity contribution in [2.45, 2.75) is 38.5 Å². The van der Waals surface area contributed by atoms with Crippen LogP contribution in [0.4, 0.5) is 0 Å². The number of Topliss-reactive ketones (excluding diaryl/α,β-unsaturated/α-hetero) is 3. The highest BCUT2D eigenvalue weighted by Crippen LogP contribution is 2.06. The first kappa shape index (κ1) is 18.7. The monoisotopic (exact) mass is 381 g/mol. The van der Waals surface area contributed by atoms with Gasteiger partial charge in [0.2, 0.25) is 0 Å². The molecule has 0 saturated heterocycles. The van der Waals surface area contributed by atoms with Crippen molar-refractivity contribution in [2.24, 2.45) is 11.8 Å². The molecule has 0 aromatic rings. The van der Waals surface area contributed by atoms with Gasteiger partial charge in [-0.2, -0.15) is 0 Å². The van der Waals surface area contributed by atoms with Gasteiger partial charge in [-0.1, -0.05) is 50.3 Å². The van der Waals surface area contributed by atoms with E-state index < -0.39 is 0 Å². The van der Waals surface area contributed by atoms with Gasteiger partial charge in [0.15, 0.2) is 5.78 Å². The summed E-state index contributed by atoms with van der Waals surface area (Å²) < 4.78 is -0.108. The first-order chi connectivity index (χ1) is 8.65. The molecule has 5 heteroatoms. The largest absolute Gasteiger partial charge is 0.298 e. The minimum Gasteiger partial charge on any atom is -0.298 e. The smallest absolute Gasteiger partial charge is 0.159 e. The SMILES string of the molecule is CC(C)C(=O)CN(CC(=O)C(C)C)CC(=O)C(C)I. The maximum atomic E-state index is 11.8. The molecule has 0 aliphatic carbocycles. The molecule has 0 fully saturated rings. The molecule has 0 aliphatic rings. The normalized spacial score (nSPS) is 13.1. The van der Waals surface area contributed by atoms with E-state index in [0.29, 0.717) is 0 Å². The van der Waals surface area contributed by atoms with E-state index in [4.69, 9.17) is 0 Å². The molecule has 1 unspecified atom stereocenters. The number of hydrogen-bond donors (Lipinski definition) is 0. The van der Waals surface area contributed by atoms with E-state index in [0.717, 1.165) is 0 Å². The number of alkyl halides is 1. The van der Waals surface area contributed by atoms with Gasteiger partial charge < -0.3 is 0 Å². The van der Waals surface area contributed by atoms with Crippen molar-refractivity contribution < 1.29 is 14.4 Å².